The van der Waals surface area contributed by atoms with E-state index in [-0.39, 0.29) is 12.1 Å². The van der Waals surface area contributed by atoms with Gasteiger partial charge in [-0.25, -0.2) is 0 Å². The first-order valence-electron chi connectivity index (χ1n) is 5.55. The van der Waals surface area contributed by atoms with Gasteiger partial charge in [-0.1, -0.05) is 18.2 Å². The average molecular weight is 244 g/mol. The molecule has 86 valence electrons. The zero-order valence-electron chi connectivity index (χ0n) is 9.15. The summed E-state index contributed by atoms with van der Waals surface area (Å²) in [6.07, 6.45) is 0.922. The minimum Gasteiger partial charge on any atom is -0.508 e. The molecule has 3 nitrogen and oxygen atoms in total. The normalized spacial score (nSPS) is 23.1. The van der Waals surface area contributed by atoms with E-state index < -0.39 is 0 Å². The first-order chi connectivity index (χ1) is 8.33. The smallest absolute Gasteiger partial charge is 0.115 e. The molecule has 1 aliphatic rings. The summed E-state index contributed by atoms with van der Waals surface area (Å²) in [6.45, 7) is 0. The van der Waals surface area contributed by atoms with Crippen molar-refractivity contribution in [1.82, 2.24) is 0 Å². The summed E-state index contributed by atoms with van der Waals surface area (Å²) < 4.78 is 0. The Hall–Kier alpha value is -1.68. The largest absolute Gasteiger partial charge is 0.508 e. The van der Waals surface area contributed by atoms with Gasteiger partial charge in [-0.3, -0.25) is 0 Å². The molecule has 2 aromatic rings. The van der Waals surface area contributed by atoms with Crippen molar-refractivity contribution in [2.45, 2.75) is 18.5 Å². The molecule has 0 radical (unpaired) electrons. The van der Waals surface area contributed by atoms with Gasteiger partial charge >= 0.3 is 0 Å². The van der Waals surface area contributed by atoms with Crippen molar-refractivity contribution in [3.05, 3.63) is 52.2 Å². The highest BCUT2D eigenvalue weighted by Gasteiger charge is 2.25. The van der Waals surface area contributed by atoms with Crippen LogP contribution in [0.25, 0.3) is 0 Å². The molecule has 2 heterocycles. The first-order valence-corrected chi connectivity index (χ1v) is 6.43. The molecule has 1 aliphatic heterocycles. The van der Waals surface area contributed by atoms with Crippen LogP contribution in [0, 0.1) is 0 Å². The number of nitrogens with zero attached hydrogens (tertiary/aromatic N) is 2. The lowest BCUT2D eigenvalue weighted by Gasteiger charge is -2.07. The predicted molar refractivity (Wildman–Crippen MR) is 67.4 cm³/mol. The van der Waals surface area contributed by atoms with E-state index in [1.165, 1.54) is 4.88 Å². The van der Waals surface area contributed by atoms with E-state index in [0.29, 0.717) is 5.75 Å². The maximum Gasteiger partial charge on any atom is 0.115 e. The Morgan fingerprint density at radius 2 is 1.82 bits per heavy atom. The SMILES string of the molecule is Oc1ccc(C2CC(c3cccs3)N=N2)cc1. The Morgan fingerprint density at radius 1 is 1.06 bits per heavy atom. The van der Waals surface area contributed by atoms with E-state index in [1.54, 1.807) is 23.5 Å². The van der Waals surface area contributed by atoms with Crippen molar-refractivity contribution in [3.8, 4) is 5.75 Å². The van der Waals surface area contributed by atoms with Gasteiger partial charge in [0.1, 0.15) is 11.8 Å². The number of phenolic OH excluding ortho intramolecular Hbond substituents is 1. The molecule has 0 spiro atoms. The Kier molecular flexibility index (Phi) is 2.65. The Morgan fingerprint density at radius 3 is 2.53 bits per heavy atom. The molecule has 0 aliphatic carbocycles. The van der Waals surface area contributed by atoms with Gasteiger partial charge in [0.2, 0.25) is 0 Å². The average Bonchev–Trinajstić information content (AvgIpc) is 3.00. The number of benzene rings is 1. The van der Waals surface area contributed by atoms with E-state index in [4.69, 9.17) is 0 Å². The molecular formula is C13H12N2OS. The lowest BCUT2D eigenvalue weighted by atomic mass is 10.0. The van der Waals surface area contributed by atoms with E-state index in [0.717, 1.165) is 12.0 Å². The fourth-order valence-corrected chi connectivity index (χ4v) is 2.79. The highest BCUT2D eigenvalue weighted by atomic mass is 32.1. The fourth-order valence-electron chi connectivity index (χ4n) is 2.02. The van der Waals surface area contributed by atoms with Crippen LogP contribution in [0.15, 0.2) is 52.0 Å². The van der Waals surface area contributed by atoms with Crippen LogP contribution in [0.3, 0.4) is 0 Å². The third kappa shape index (κ3) is 2.08. The van der Waals surface area contributed by atoms with Crippen molar-refractivity contribution < 1.29 is 5.11 Å². The second-order valence-electron chi connectivity index (χ2n) is 4.11. The van der Waals surface area contributed by atoms with Gasteiger partial charge in [-0.05, 0) is 29.1 Å². The van der Waals surface area contributed by atoms with Crippen molar-refractivity contribution >= 4 is 11.3 Å². The molecule has 0 saturated heterocycles. The van der Waals surface area contributed by atoms with E-state index in [9.17, 15) is 5.11 Å². The Labute approximate surface area is 103 Å². The van der Waals surface area contributed by atoms with Crippen LogP contribution in [0.2, 0.25) is 0 Å². The van der Waals surface area contributed by atoms with Gasteiger partial charge in [0.05, 0.1) is 6.04 Å². The molecular weight excluding hydrogens is 232 g/mol. The highest BCUT2D eigenvalue weighted by molar-refractivity contribution is 7.10. The van der Waals surface area contributed by atoms with Crippen molar-refractivity contribution in [3.63, 3.8) is 0 Å². The third-order valence-electron chi connectivity index (χ3n) is 2.94. The molecule has 1 aromatic heterocycles. The zero-order valence-corrected chi connectivity index (χ0v) is 9.97. The fraction of sp³-hybridized carbons (Fsp3) is 0.231. The zero-order chi connectivity index (χ0) is 11.7. The van der Waals surface area contributed by atoms with E-state index >= 15 is 0 Å². The standard InChI is InChI=1S/C13H12N2OS/c16-10-5-3-9(4-6-10)11-8-12(15-14-11)13-2-1-7-17-13/h1-7,11-12,16H,8H2. The maximum absolute atomic E-state index is 9.25. The summed E-state index contributed by atoms with van der Waals surface area (Å²) in [6, 6.07) is 11.7. The summed E-state index contributed by atoms with van der Waals surface area (Å²) in [7, 11) is 0. The third-order valence-corrected chi connectivity index (χ3v) is 3.91. The van der Waals surface area contributed by atoms with E-state index in [2.05, 4.69) is 21.7 Å². The topological polar surface area (TPSA) is 45.0 Å². The van der Waals surface area contributed by atoms with Gasteiger partial charge in [0.25, 0.3) is 0 Å². The molecule has 0 fully saturated rings. The summed E-state index contributed by atoms with van der Waals surface area (Å²) in [4.78, 5) is 1.27. The van der Waals surface area contributed by atoms with Gasteiger partial charge in [-0.15, -0.1) is 11.3 Å². The van der Waals surface area contributed by atoms with Crippen LogP contribution >= 0.6 is 11.3 Å². The first kappa shape index (κ1) is 10.5. The van der Waals surface area contributed by atoms with Crippen LogP contribution in [0.1, 0.15) is 28.9 Å². The summed E-state index contributed by atoms with van der Waals surface area (Å²) in [5.41, 5.74) is 1.12. The van der Waals surface area contributed by atoms with Gasteiger partial charge in [0.15, 0.2) is 0 Å². The summed E-state index contributed by atoms with van der Waals surface area (Å²) >= 11 is 1.73. The lowest BCUT2D eigenvalue weighted by molar-refractivity contribution is 0.475. The number of azo groups is 1. The number of hydrogen-bond acceptors (Lipinski definition) is 4. The highest BCUT2D eigenvalue weighted by Crippen LogP contribution is 2.40. The van der Waals surface area contributed by atoms with Crippen LogP contribution in [0.5, 0.6) is 5.75 Å². The number of thiophene rings is 1. The molecule has 1 aromatic carbocycles. The molecule has 0 saturated carbocycles. The van der Waals surface area contributed by atoms with Gasteiger partial charge in [0, 0.05) is 11.3 Å². The monoisotopic (exact) mass is 244 g/mol. The molecule has 4 heteroatoms. The number of rotatable bonds is 2. The lowest BCUT2D eigenvalue weighted by Crippen LogP contribution is -1.94. The van der Waals surface area contributed by atoms with Crippen LogP contribution < -0.4 is 0 Å². The van der Waals surface area contributed by atoms with Crippen LogP contribution in [-0.4, -0.2) is 5.11 Å². The second kappa shape index (κ2) is 4.30. The summed E-state index contributed by atoms with van der Waals surface area (Å²) in [5.74, 6) is 0.290. The molecule has 1 N–H and O–H groups in total. The maximum atomic E-state index is 9.25. The number of hydrogen-bond donors (Lipinski definition) is 1. The molecule has 0 amide bonds. The molecule has 3 rings (SSSR count). The van der Waals surface area contributed by atoms with Crippen LogP contribution in [-0.2, 0) is 0 Å². The Bertz CT molecular complexity index is 519. The van der Waals surface area contributed by atoms with Gasteiger partial charge in [-0.2, -0.15) is 10.2 Å². The van der Waals surface area contributed by atoms with Crippen LogP contribution in [0.4, 0.5) is 0 Å². The van der Waals surface area contributed by atoms with E-state index in [1.807, 2.05) is 18.2 Å². The Balaban J connectivity index is 1.77. The molecule has 17 heavy (non-hydrogen) atoms. The van der Waals surface area contributed by atoms with Gasteiger partial charge < -0.3 is 5.11 Å². The molecule has 2 atom stereocenters. The predicted octanol–water partition coefficient (Wildman–Crippen LogP) is 4.09. The summed E-state index contributed by atoms with van der Waals surface area (Å²) in [5, 5.41) is 20.0. The minimum absolute atomic E-state index is 0.127. The quantitative estimate of drug-likeness (QED) is 0.849. The van der Waals surface area contributed by atoms with Crippen molar-refractivity contribution in [1.29, 1.82) is 0 Å². The second-order valence-corrected chi connectivity index (χ2v) is 5.08. The minimum atomic E-state index is 0.127. The number of aromatic hydroxyl groups is 1. The molecule has 0 bridgehead atoms. The molecule has 2 unspecified atom stereocenters. The van der Waals surface area contributed by atoms with Crippen molar-refractivity contribution in [2.75, 3.05) is 0 Å². The van der Waals surface area contributed by atoms with Crippen molar-refractivity contribution in [2.24, 2.45) is 10.2 Å². The number of phenols is 1.